The van der Waals surface area contributed by atoms with Crippen LogP contribution in [0.25, 0.3) is 0 Å². The van der Waals surface area contributed by atoms with Crippen LogP contribution in [0.5, 0.6) is 0 Å². The molecule has 3 rings (SSSR count). The van der Waals surface area contributed by atoms with Crippen molar-refractivity contribution >= 4 is 11.9 Å². The maximum Gasteiger partial charge on any atom is 0.315 e. The van der Waals surface area contributed by atoms with Gasteiger partial charge in [-0.15, -0.1) is 0 Å². The molecule has 124 valence electrons. The average molecular weight is 331 g/mol. The van der Waals surface area contributed by atoms with Gasteiger partial charge in [0.2, 0.25) is 5.91 Å². The van der Waals surface area contributed by atoms with Crippen LogP contribution in [0.1, 0.15) is 17.2 Å². The van der Waals surface area contributed by atoms with E-state index in [2.05, 4.69) is 16.0 Å². The van der Waals surface area contributed by atoms with Crippen LogP contribution in [-0.4, -0.2) is 24.5 Å². The van der Waals surface area contributed by atoms with E-state index in [0.717, 1.165) is 0 Å². The van der Waals surface area contributed by atoms with Crippen LogP contribution in [-0.2, 0) is 4.79 Å². The quantitative estimate of drug-likeness (QED) is 0.800. The molecule has 2 aromatic rings. The Bertz CT molecular complexity index is 702. The zero-order chi connectivity index (χ0) is 17.1. The number of benzene rings is 2. The van der Waals surface area contributed by atoms with Gasteiger partial charge in [-0.2, -0.15) is 0 Å². The Morgan fingerprint density at radius 2 is 1.50 bits per heavy atom. The standard InChI is InChI=1S/C17H15F2N3O2/c18-12-5-1-10(2-6-12)15(11-3-7-13(19)8-4-11)22-16(23)14-9-20-17(24)21-14/h1-8,14-15H,9H2,(H,22,23)(H2,20,21,24)/t14-/m1/s1. The highest BCUT2D eigenvalue weighted by molar-refractivity contribution is 5.90. The minimum atomic E-state index is -0.694. The van der Waals surface area contributed by atoms with E-state index in [9.17, 15) is 18.4 Å². The first-order valence-electron chi connectivity index (χ1n) is 7.38. The summed E-state index contributed by atoms with van der Waals surface area (Å²) in [7, 11) is 0. The van der Waals surface area contributed by atoms with Crippen LogP contribution in [0.3, 0.4) is 0 Å². The third kappa shape index (κ3) is 3.51. The monoisotopic (exact) mass is 331 g/mol. The van der Waals surface area contributed by atoms with E-state index in [0.29, 0.717) is 11.1 Å². The van der Waals surface area contributed by atoms with Crippen molar-refractivity contribution in [2.75, 3.05) is 6.54 Å². The van der Waals surface area contributed by atoms with Gasteiger partial charge in [0.25, 0.3) is 0 Å². The predicted molar refractivity (Wildman–Crippen MR) is 83.1 cm³/mol. The SMILES string of the molecule is O=C1NC[C@H](C(=O)NC(c2ccc(F)cc2)c2ccc(F)cc2)N1. The van der Waals surface area contributed by atoms with Gasteiger partial charge in [0.05, 0.1) is 6.04 Å². The largest absolute Gasteiger partial charge is 0.343 e. The van der Waals surface area contributed by atoms with Gasteiger partial charge >= 0.3 is 6.03 Å². The van der Waals surface area contributed by atoms with Crippen LogP contribution >= 0.6 is 0 Å². The lowest BCUT2D eigenvalue weighted by atomic mass is 9.98. The molecule has 1 saturated heterocycles. The summed E-state index contributed by atoms with van der Waals surface area (Å²) >= 11 is 0. The zero-order valence-corrected chi connectivity index (χ0v) is 12.6. The summed E-state index contributed by atoms with van der Waals surface area (Å²) in [6.45, 7) is 0.185. The molecule has 0 aromatic heterocycles. The maximum absolute atomic E-state index is 13.2. The summed E-state index contributed by atoms with van der Waals surface area (Å²) in [5, 5.41) is 7.82. The Hall–Kier alpha value is -2.96. The molecule has 0 radical (unpaired) electrons. The van der Waals surface area contributed by atoms with Gasteiger partial charge in [-0.25, -0.2) is 13.6 Å². The molecule has 5 nitrogen and oxygen atoms in total. The van der Waals surface area contributed by atoms with E-state index in [4.69, 9.17) is 0 Å². The average Bonchev–Trinajstić information content (AvgIpc) is 3.01. The molecule has 1 aliphatic heterocycles. The van der Waals surface area contributed by atoms with Crippen molar-refractivity contribution in [2.45, 2.75) is 12.1 Å². The van der Waals surface area contributed by atoms with Gasteiger partial charge in [-0.3, -0.25) is 4.79 Å². The highest BCUT2D eigenvalue weighted by Gasteiger charge is 2.29. The number of halogens is 2. The van der Waals surface area contributed by atoms with E-state index in [1.807, 2.05) is 0 Å². The minimum absolute atomic E-state index is 0.185. The second-order valence-electron chi connectivity index (χ2n) is 5.45. The summed E-state index contributed by atoms with van der Waals surface area (Å²) in [5.74, 6) is -1.17. The smallest absolute Gasteiger partial charge is 0.315 e. The number of carbonyl (C=O) groups excluding carboxylic acids is 2. The van der Waals surface area contributed by atoms with Crippen molar-refractivity contribution in [3.8, 4) is 0 Å². The number of rotatable bonds is 4. The molecule has 24 heavy (non-hydrogen) atoms. The Kier molecular flexibility index (Phi) is 4.41. The molecular formula is C17H15F2N3O2. The maximum atomic E-state index is 13.2. The number of amides is 3. The molecule has 1 heterocycles. The minimum Gasteiger partial charge on any atom is -0.343 e. The van der Waals surface area contributed by atoms with Gasteiger partial charge in [0, 0.05) is 6.54 Å². The van der Waals surface area contributed by atoms with Gasteiger partial charge in [-0.1, -0.05) is 24.3 Å². The Balaban J connectivity index is 1.86. The first-order chi connectivity index (χ1) is 11.5. The van der Waals surface area contributed by atoms with Crippen molar-refractivity contribution in [3.05, 3.63) is 71.3 Å². The first-order valence-corrected chi connectivity index (χ1v) is 7.38. The van der Waals surface area contributed by atoms with Gasteiger partial charge in [-0.05, 0) is 35.4 Å². The second-order valence-corrected chi connectivity index (χ2v) is 5.45. The van der Waals surface area contributed by atoms with Crippen LogP contribution in [0.2, 0.25) is 0 Å². The Morgan fingerprint density at radius 1 is 1.00 bits per heavy atom. The Labute approximate surface area is 137 Å². The first kappa shape index (κ1) is 15.9. The highest BCUT2D eigenvalue weighted by atomic mass is 19.1. The van der Waals surface area contributed by atoms with Crippen LogP contribution in [0, 0.1) is 11.6 Å². The van der Waals surface area contributed by atoms with Crippen molar-refractivity contribution in [1.82, 2.24) is 16.0 Å². The van der Waals surface area contributed by atoms with Crippen molar-refractivity contribution in [3.63, 3.8) is 0 Å². The molecule has 0 unspecified atom stereocenters. The fourth-order valence-electron chi connectivity index (χ4n) is 2.53. The number of carbonyl (C=O) groups is 2. The molecule has 3 amide bonds. The summed E-state index contributed by atoms with van der Waals surface area (Å²) in [5.41, 5.74) is 1.29. The Morgan fingerprint density at radius 3 is 1.92 bits per heavy atom. The molecule has 1 fully saturated rings. The van der Waals surface area contributed by atoms with E-state index < -0.39 is 29.7 Å². The molecule has 0 bridgehead atoms. The summed E-state index contributed by atoms with van der Waals surface area (Å²) in [6.07, 6.45) is 0. The van der Waals surface area contributed by atoms with Crippen LogP contribution < -0.4 is 16.0 Å². The molecule has 3 N–H and O–H groups in total. The fraction of sp³-hybridized carbons (Fsp3) is 0.176. The zero-order valence-electron chi connectivity index (χ0n) is 12.6. The van der Waals surface area contributed by atoms with Gasteiger partial charge in [0.15, 0.2) is 0 Å². The fourth-order valence-corrected chi connectivity index (χ4v) is 2.53. The van der Waals surface area contributed by atoms with E-state index in [1.54, 1.807) is 24.3 Å². The highest BCUT2D eigenvalue weighted by Crippen LogP contribution is 2.23. The number of hydrogen-bond acceptors (Lipinski definition) is 2. The molecular weight excluding hydrogens is 316 g/mol. The lowest BCUT2D eigenvalue weighted by Crippen LogP contribution is -2.44. The third-order valence-corrected chi connectivity index (χ3v) is 3.78. The second kappa shape index (κ2) is 6.66. The topological polar surface area (TPSA) is 70.2 Å². The molecule has 2 aromatic carbocycles. The van der Waals surface area contributed by atoms with E-state index in [-0.39, 0.29) is 12.5 Å². The number of hydrogen-bond donors (Lipinski definition) is 3. The molecule has 1 aliphatic rings. The van der Waals surface area contributed by atoms with Crippen molar-refractivity contribution < 1.29 is 18.4 Å². The number of urea groups is 1. The lowest BCUT2D eigenvalue weighted by Gasteiger charge is -2.21. The lowest BCUT2D eigenvalue weighted by molar-refractivity contribution is -0.122. The normalized spacial score (nSPS) is 16.6. The van der Waals surface area contributed by atoms with Gasteiger partial charge in [0.1, 0.15) is 17.7 Å². The molecule has 7 heteroatoms. The van der Waals surface area contributed by atoms with Crippen molar-refractivity contribution in [2.24, 2.45) is 0 Å². The van der Waals surface area contributed by atoms with E-state index in [1.165, 1.54) is 24.3 Å². The molecule has 1 atom stereocenters. The van der Waals surface area contributed by atoms with E-state index >= 15 is 0 Å². The number of nitrogens with one attached hydrogen (secondary N) is 3. The summed E-state index contributed by atoms with van der Waals surface area (Å²) in [6, 6.07) is 9.67. The van der Waals surface area contributed by atoms with Crippen molar-refractivity contribution in [1.29, 1.82) is 0 Å². The molecule has 0 saturated carbocycles. The van der Waals surface area contributed by atoms with Crippen LogP contribution in [0.4, 0.5) is 13.6 Å². The van der Waals surface area contributed by atoms with Crippen LogP contribution in [0.15, 0.2) is 48.5 Å². The summed E-state index contributed by atoms with van der Waals surface area (Å²) in [4.78, 5) is 23.5. The summed E-state index contributed by atoms with van der Waals surface area (Å²) < 4.78 is 26.3. The molecule has 0 spiro atoms. The predicted octanol–water partition coefficient (Wildman–Crippen LogP) is 1.85. The van der Waals surface area contributed by atoms with Gasteiger partial charge < -0.3 is 16.0 Å². The molecule has 0 aliphatic carbocycles. The third-order valence-electron chi connectivity index (χ3n) is 3.78.